The summed E-state index contributed by atoms with van der Waals surface area (Å²) in [6.45, 7) is 0. The summed E-state index contributed by atoms with van der Waals surface area (Å²) in [5.74, 6) is -0.0707. The number of rotatable bonds is 3. The molecule has 1 aromatic carbocycles. The molecule has 0 saturated carbocycles. The molecule has 1 atom stereocenters. The Labute approximate surface area is 114 Å². The molecule has 0 spiro atoms. The fourth-order valence-corrected chi connectivity index (χ4v) is 2.16. The second-order valence-electron chi connectivity index (χ2n) is 2.95. The molecule has 0 aliphatic heterocycles. The Morgan fingerprint density at radius 1 is 1.27 bits per heavy atom. The molecule has 0 radical (unpaired) electrons. The van der Waals surface area contributed by atoms with Crippen molar-refractivity contribution in [3.8, 4) is 0 Å². The van der Waals surface area contributed by atoms with Crippen LogP contribution in [0.5, 0.6) is 0 Å². The number of hydrogen-bond acceptors (Lipinski definition) is 4. The summed E-state index contributed by atoms with van der Waals surface area (Å²) in [4.78, 5) is 0.155. The van der Waals surface area contributed by atoms with Crippen LogP contribution in [0.15, 0.2) is 29.2 Å². The number of hydrogen-bond donors (Lipinski definition) is 0. The van der Waals surface area contributed by atoms with Crippen LogP contribution in [0.3, 0.4) is 0 Å². The second kappa shape index (κ2) is 6.12. The van der Waals surface area contributed by atoms with Gasteiger partial charge in [-0.2, -0.15) is 0 Å². The zero-order valence-corrected chi connectivity index (χ0v) is 12.1. The summed E-state index contributed by atoms with van der Waals surface area (Å²) in [7, 11) is -3.06. The maximum absolute atomic E-state index is 10.9. The molecule has 78 valence electrons. The molecule has 0 saturated heterocycles. The summed E-state index contributed by atoms with van der Waals surface area (Å²) < 4.78 is 42.8. The first-order chi connectivity index (χ1) is 6.38. The molecule has 7 heteroatoms. The van der Waals surface area contributed by atoms with Crippen LogP contribution in [0.4, 0.5) is 0 Å². The van der Waals surface area contributed by atoms with Crippen molar-refractivity contribution >= 4 is 20.9 Å². The third-order valence-electron chi connectivity index (χ3n) is 1.54. The van der Waals surface area contributed by atoms with Crippen molar-refractivity contribution in [2.75, 3.05) is 6.26 Å². The molecule has 0 amide bonds. The van der Waals surface area contributed by atoms with E-state index in [9.17, 15) is 17.2 Å². The topological polar surface area (TPSA) is 74.3 Å². The molecule has 0 heterocycles. The van der Waals surface area contributed by atoms with Crippen molar-refractivity contribution in [1.29, 1.82) is 0 Å². The Bertz CT molecular complexity index is 438. The third kappa shape index (κ3) is 5.79. The molecule has 15 heavy (non-hydrogen) atoms. The van der Waals surface area contributed by atoms with Crippen LogP contribution in [-0.4, -0.2) is 23.4 Å². The summed E-state index contributed by atoms with van der Waals surface area (Å²) in [6, 6.07) is 5.74. The Kier molecular flexibility index (Phi) is 6.24. The average molecular weight is 256 g/mol. The van der Waals surface area contributed by atoms with Gasteiger partial charge in [0.15, 0.2) is 9.84 Å². The van der Waals surface area contributed by atoms with E-state index < -0.39 is 20.9 Å². The smallest absolute Gasteiger partial charge is 0.768 e. The van der Waals surface area contributed by atoms with Crippen LogP contribution >= 0.6 is 0 Å². The first kappa shape index (κ1) is 15.3. The molecule has 0 aromatic heterocycles. The first-order valence-corrected chi connectivity index (χ1v) is 6.88. The Morgan fingerprint density at radius 3 is 2.07 bits per heavy atom. The molecule has 0 bridgehead atoms. The van der Waals surface area contributed by atoms with Gasteiger partial charge >= 0.3 is 29.6 Å². The van der Waals surface area contributed by atoms with E-state index in [0.717, 1.165) is 6.26 Å². The fraction of sp³-hybridized carbons (Fsp3) is 0.250. The summed E-state index contributed by atoms with van der Waals surface area (Å²) in [5.41, 5.74) is 0.585. The minimum Gasteiger partial charge on any atom is -0.768 e. The minimum atomic E-state index is -3.06. The van der Waals surface area contributed by atoms with Crippen LogP contribution in [-0.2, 0) is 26.7 Å². The Hall–Kier alpha value is 0.280. The van der Waals surface area contributed by atoms with E-state index >= 15 is 0 Å². The molecule has 1 aromatic rings. The monoisotopic (exact) mass is 256 g/mol. The van der Waals surface area contributed by atoms with Crippen molar-refractivity contribution in [3.05, 3.63) is 29.8 Å². The molecular formula is C8H9NaO4S2. The molecule has 0 aliphatic rings. The molecule has 0 N–H and O–H groups in total. The van der Waals surface area contributed by atoms with E-state index in [0.29, 0.717) is 5.56 Å². The third-order valence-corrected chi connectivity index (χ3v) is 3.06. The maximum Gasteiger partial charge on any atom is 1.00 e. The van der Waals surface area contributed by atoms with Crippen LogP contribution in [0.2, 0.25) is 0 Å². The van der Waals surface area contributed by atoms with Crippen molar-refractivity contribution < 1.29 is 46.7 Å². The van der Waals surface area contributed by atoms with Gasteiger partial charge in [-0.3, -0.25) is 4.21 Å². The van der Waals surface area contributed by atoms with Crippen LogP contribution in [0.25, 0.3) is 0 Å². The van der Waals surface area contributed by atoms with E-state index in [1.165, 1.54) is 24.3 Å². The van der Waals surface area contributed by atoms with Gasteiger partial charge in [0.25, 0.3) is 0 Å². The number of sulfone groups is 1. The van der Waals surface area contributed by atoms with Crippen molar-refractivity contribution in [2.24, 2.45) is 0 Å². The first-order valence-electron chi connectivity index (χ1n) is 3.74. The second-order valence-corrected chi connectivity index (χ2v) is 6.03. The predicted molar refractivity (Wildman–Crippen MR) is 52.2 cm³/mol. The molecule has 1 unspecified atom stereocenters. The summed E-state index contributed by atoms with van der Waals surface area (Å²) >= 11 is -2.26. The summed E-state index contributed by atoms with van der Waals surface area (Å²) in [5, 5.41) is 0. The van der Waals surface area contributed by atoms with E-state index in [1.54, 1.807) is 0 Å². The zero-order chi connectivity index (χ0) is 10.8. The average Bonchev–Trinajstić information content (AvgIpc) is 2.02. The van der Waals surface area contributed by atoms with Crippen LogP contribution < -0.4 is 29.6 Å². The van der Waals surface area contributed by atoms with Crippen LogP contribution in [0.1, 0.15) is 5.56 Å². The van der Waals surface area contributed by atoms with Crippen molar-refractivity contribution in [3.63, 3.8) is 0 Å². The van der Waals surface area contributed by atoms with Gasteiger partial charge in [0.05, 0.1) is 5.75 Å². The van der Waals surface area contributed by atoms with E-state index in [1.807, 2.05) is 0 Å². The molecule has 0 fully saturated rings. The standard InChI is InChI=1S/C8H10O4S2.Na/c1-14(11,12)6-7-2-4-8(5-3-7)13(9)10;/h2-5H,6H2,1H3,(H,9,10);/q;+1/p-1. The minimum absolute atomic E-state index is 0. The Balaban J connectivity index is 0.00000196. The zero-order valence-electron chi connectivity index (χ0n) is 8.47. The quantitative estimate of drug-likeness (QED) is 0.442. The van der Waals surface area contributed by atoms with E-state index in [-0.39, 0.29) is 40.2 Å². The van der Waals surface area contributed by atoms with E-state index in [2.05, 4.69) is 0 Å². The predicted octanol–water partition coefficient (Wildman–Crippen LogP) is -2.53. The van der Waals surface area contributed by atoms with Gasteiger partial charge in [-0.05, 0) is 28.8 Å². The Morgan fingerprint density at radius 2 is 1.73 bits per heavy atom. The number of benzene rings is 1. The normalized spacial score (nSPS) is 12.9. The molecule has 1 rings (SSSR count). The van der Waals surface area contributed by atoms with Gasteiger partial charge in [-0.15, -0.1) is 0 Å². The SMILES string of the molecule is CS(=O)(=O)Cc1ccc(S(=O)[O-])cc1.[Na+]. The fourth-order valence-electron chi connectivity index (χ4n) is 1.000. The van der Waals surface area contributed by atoms with E-state index in [4.69, 9.17) is 0 Å². The van der Waals surface area contributed by atoms with Crippen LogP contribution in [0, 0.1) is 0 Å². The van der Waals surface area contributed by atoms with Crippen molar-refractivity contribution in [2.45, 2.75) is 10.6 Å². The summed E-state index contributed by atoms with van der Waals surface area (Å²) in [6.07, 6.45) is 1.13. The van der Waals surface area contributed by atoms with Gasteiger partial charge in [0, 0.05) is 11.2 Å². The van der Waals surface area contributed by atoms with Gasteiger partial charge in [0.2, 0.25) is 0 Å². The van der Waals surface area contributed by atoms with Gasteiger partial charge in [-0.1, -0.05) is 12.1 Å². The molecule has 4 nitrogen and oxygen atoms in total. The van der Waals surface area contributed by atoms with Crippen molar-refractivity contribution in [1.82, 2.24) is 0 Å². The maximum atomic E-state index is 10.9. The largest absolute Gasteiger partial charge is 1.00 e. The molecular weight excluding hydrogens is 247 g/mol. The van der Waals surface area contributed by atoms with Gasteiger partial charge in [0.1, 0.15) is 0 Å². The van der Waals surface area contributed by atoms with Gasteiger partial charge < -0.3 is 4.55 Å². The molecule has 0 aliphatic carbocycles. The van der Waals surface area contributed by atoms with Gasteiger partial charge in [-0.25, -0.2) is 8.42 Å².